The van der Waals surface area contributed by atoms with E-state index in [1.165, 1.54) is 22.9 Å². The molecular formula is C12H11N3O5S. The Balaban J connectivity index is 2.09. The second-order valence-corrected chi connectivity index (χ2v) is 5.62. The molecule has 9 heteroatoms. The molecule has 2 aromatic rings. The SMILES string of the molecule is O=C(O)C1(Nc2ccc3scnc3c2[N+](=O)[O-])CCOC1. The monoisotopic (exact) mass is 309 g/mol. The predicted octanol–water partition coefficient (Wildman–Crippen LogP) is 1.86. The normalized spacial score (nSPS) is 21.5. The number of hydrogen-bond acceptors (Lipinski definition) is 7. The summed E-state index contributed by atoms with van der Waals surface area (Å²) in [5.41, 5.74) is 0.378. The molecule has 1 atom stereocenters. The molecule has 110 valence electrons. The highest BCUT2D eigenvalue weighted by Gasteiger charge is 2.44. The molecule has 1 saturated heterocycles. The first kappa shape index (κ1) is 13.7. The van der Waals surface area contributed by atoms with E-state index in [0.717, 1.165) is 0 Å². The minimum Gasteiger partial charge on any atom is -0.479 e. The van der Waals surface area contributed by atoms with Crippen molar-refractivity contribution in [2.75, 3.05) is 18.5 Å². The van der Waals surface area contributed by atoms with Crippen LogP contribution in [-0.4, -0.2) is 39.7 Å². The summed E-state index contributed by atoms with van der Waals surface area (Å²) in [6.45, 7) is 0.265. The maximum Gasteiger partial charge on any atom is 0.331 e. The molecule has 0 spiro atoms. The maximum atomic E-state index is 11.5. The van der Waals surface area contributed by atoms with Crippen molar-refractivity contribution < 1.29 is 19.6 Å². The van der Waals surface area contributed by atoms with Gasteiger partial charge in [0.2, 0.25) is 0 Å². The third-order valence-electron chi connectivity index (χ3n) is 3.46. The third kappa shape index (κ3) is 2.20. The van der Waals surface area contributed by atoms with Crippen LogP contribution in [0.3, 0.4) is 0 Å². The highest BCUT2D eigenvalue weighted by Crippen LogP contribution is 2.37. The summed E-state index contributed by atoms with van der Waals surface area (Å²) < 4.78 is 5.82. The zero-order valence-electron chi connectivity index (χ0n) is 10.7. The molecule has 0 bridgehead atoms. The Bertz CT molecular complexity index is 723. The Labute approximate surface area is 122 Å². The first-order valence-electron chi connectivity index (χ1n) is 6.13. The van der Waals surface area contributed by atoms with Crippen molar-refractivity contribution in [1.29, 1.82) is 0 Å². The van der Waals surface area contributed by atoms with Crippen LogP contribution in [0.4, 0.5) is 11.4 Å². The number of nitro benzene ring substituents is 1. The summed E-state index contributed by atoms with van der Waals surface area (Å²) in [5.74, 6) is -1.09. The van der Waals surface area contributed by atoms with Crippen molar-refractivity contribution in [3.8, 4) is 0 Å². The summed E-state index contributed by atoms with van der Waals surface area (Å²) in [6.07, 6.45) is 0.245. The van der Waals surface area contributed by atoms with Crippen LogP contribution in [0, 0.1) is 10.1 Å². The lowest BCUT2D eigenvalue weighted by Gasteiger charge is -2.24. The summed E-state index contributed by atoms with van der Waals surface area (Å²) >= 11 is 1.29. The van der Waals surface area contributed by atoms with Crippen LogP contribution in [0.15, 0.2) is 17.6 Å². The summed E-state index contributed by atoms with van der Waals surface area (Å²) in [7, 11) is 0. The van der Waals surface area contributed by atoms with E-state index in [9.17, 15) is 20.0 Å². The second kappa shape index (κ2) is 4.93. The fourth-order valence-electron chi connectivity index (χ4n) is 2.35. The molecule has 0 radical (unpaired) electrons. The van der Waals surface area contributed by atoms with Gasteiger partial charge in [-0.1, -0.05) is 0 Å². The largest absolute Gasteiger partial charge is 0.479 e. The lowest BCUT2D eigenvalue weighted by Crippen LogP contribution is -2.47. The van der Waals surface area contributed by atoms with E-state index in [4.69, 9.17) is 4.74 Å². The van der Waals surface area contributed by atoms with Crippen molar-refractivity contribution in [3.63, 3.8) is 0 Å². The van der Waals surface area contributed by atoms with Crippen molar-refractivity contribution in [2.45, 2.75) is 12.0 Å². The predicted molar refractivity (Wildman–Crippen MR) is 75.7 cm³/mol. The Morgan fingerprint density at radius 2 is 2.38 bits per heavy atom. The van der Waals surface area contributed by atoms with Crippen molar-refractivity contribution in [3.05, 3.63) is 27.8 Å². The number of nitrogens with zero attached hydrogens (tertiary/aromatic N) is 2. The van der Waals surface area contributed by atoms with E-state index >= 15 is 0 Å². The van der Waals surface area contributed by atoms with Crippen LogP contribution in [0.25, 0.3) is 10.2 Å². The van der Waals surface area contributed by atoms with Crippen molar-refractivity contribution in [1.82, 2.24) is 4.98 Å². The van der Waals surface area contributed by atoms with E-state index < -0.39 is 16.4 Å². The van der Waals surface area contributed by atoms with Gasteiger partial charge in [0.05, 0.1) is 21.7 Å². The van der Waals surface area contributed by atoms with Gasteiger partial charge in [-0.3, -0.25) is 10.1 Å². The number of carbonyl (C=O) groups is 1. The summed E-state index contributed by atoms with van der Waals surface area (Å²) in [5, 5.41) is 23.5. The topological polar surface area (TPSA) is 115 Å². The zero-order chi connectivity index (χ0) is 15.0. The van der Waals surface area contributed by atoms with Gasteiger partial charge in [0.25, 0.3) is 0 Å². The van der Waals surface area contributed by atoms with Crippen molar-refractivity contribution >= 4 is 38.9 Å². The van der Waals surface area contributed by atoms with E-state index in [0.29, 0.717) is 11.3 Å². The molecular weight excluding hydrogens is 298 g/mol. The Hall–Kier alpha value is -2.26. The number of fused-ring (bicyclic) bond motifs is 1. The molecule has 2 N–H and O–H groups in total. The van der Waals surface area contributed by atoms with Gasteiger partial charge in [0.15, 0.2) is 11.1 Å². The summed E-state index contributed by atoms with van der Waals surface area (Å²) in [4.78, 5) is 26.3. The van der Waals surface area contributed by atoms with E-state index in [2.05, 4.69) is 10.3 Å². The molecule has 1 unspecified atom stereocenters. The van der Waals surface area contributed by atoms with Crippen LogP contribution in [0.2, 0.25) is 0 Å². The smallest absolute Gasteiger partial charge is 0.331 e. The van der Waals surface area contributed by atoms with Gasteiger partial charge in [-0.05, 0) is 12.1 Å². The first-order chi connectivity index (χ1) is 10.0. The molecule has 1 aliphatic rings. The number of aromatic nitrogens is 1. The summed E-state index contributed by atoms with van der Waals surface area (Å²) in [6, 6.07) is 3.20. The van der Waals surface area contributed by atoms with Gasteiger partial charge in [-0.2, -0.15) is 0 Å². The molecule has 2 heterocycles. The van der Waals surface area contributed by atoms with Gasteiger partial charge >= 0.3 is 11.7 Å². The highest BCUT2D eigenvalue weighted by molar-refractivity contribution is 7.16. The van der Waals surface area contributed by atoms with Crippen LogP contribution in [0.5, 0.6) is 0 Å². The van der Waals surface area contributed by atoms with Crippen molar-refractivity contribution in [2.24, 2.45) is 0 Å². The van der Waals surface area contributed by atoms with Crippen LogP contribution in [-0.2, 0) is 9.53 Å². The number of carboxylic acids is 1. The standard InChI is InChI=1S/C12H11N3O5S/c16-11(17)12(3-4-20-5-12)14-7-1-2-8-9(13-6-21-8)10(7)15(18)19/h1-2,6,14H,3-5H2,(H,16,17). The number of aliphatic carboxylic acids is 1. The fraction of sp³-hybridized carbons (Fsp3) is 0.333. The molecule has 0 aliphatic carbocycles. The van der Waals surface area contributed by atoms with Gasteiger partial charge in [0, 0.05) is 13.0 Å². The molecule has 0 saturated carbocycles. The molecule has 8 nitrogen and oxygen atoms in total. The minimum atomic E-state index is -1.34. The van der Waals surface area contributed by atoms with Crippen LogP contribution >= 0.6 is 11.3 Å². The number of anilines is 1. The van der Waals surface area contributed by atoms with E-state index in [-0.39, 0.29) is 29.9 Å². The van der Waals surface area contributed by atoms with Gasteiger partial charge < -0.3 is 15.2 Å². The highest BCUT2D eigenvalue weighted by atomic mass is 32.1. The van der Waals surface area contributed by atoms with Crippen LogP contribution in [0.1, 0.15) is 6.42 Å². The number of thiazole rings is 1. The molecule has 3 rings (SSSR count). The lowest BCUT2D eigenvalue weighted by molar-refractivity contribution is -0.382. The van der Waals surface area contributed by atoms with Gasteiger partial charge in [-0.25, -0.2) is 9.78 Å². The van der Waals surface area contributed by atoms with Gasteiger partial charge in [-0.15, -0.1) is 11.3 Å². The Morgan fingerprint density at radius 1 is 1.57 bits per heavy atom. The average Bonchev–Trinajstić information content (AvgIpc) is 3.07. The number of hydrogen-bond donors (Lipinski definition) is 2. The third-order valence-corrected chi connectivity index (χ3v) is 4.26. The van der Waals surface area contributed by atoms with Crippen LogP contribution < -0.4 is 5.32 Å². The average molecular weight is 309 g/mol. The number of rotatable bonds is 4. The molecule has 0 amide bonds. The quantitative estimate of drug-likeness (QED) is 0.654. The number of benzene rings is 1. The zero-order valence-corrected chi connectivity index (χ0v) is 11.6. The first-order valence-corrected chi connectivity index (χ1v) is 7.01. The second-order valence-electron chi connectivity index (χ2n) is 4.73. The molecule has 1 fully saturated rings. The number of nitrogens with one attached hydrogen (secondary N) is 1. The fourth-order valence-corrected chi connectivity index (χ4v) is 3.03. The Kier molecular flexibility index (Phi) is 3.22. The number of ether oxygens (including phenoxy) is 1. The molecule has 21 heavy (non-hydrogen) atoms. The molecule has 1 aliphatic heterocycles. The van der Waals surface area contributed by atoms with E-state index in [1.807, 2.05) is 0 Å². The Morgan fingerprint density at radius 3 is 3.00 bits per heavy atom. The minimum absolute atomic E-state index is 0.0331. The molecule has 1 aromatic heterocycles. The molecule has 1 aromatic carbocycles. The van der Waals surface area contributed by atoms with Gasteiger partial charge in [0.1, 0.15) is 5.69 Å². The lowest BCUT2D eigenvalue weighted by atomic mass is 9.98. The maximum absolute atomic E-state index is 11.5. The number of nitro groups is 1. The van der Waals surface area contributed by atoms with E-state index in [1.54, 1.807) is 6.07 Å². The number of carboxylic acid groups (broad SMARTS) is 1.